The molecule has 0 heterocycles. The van der Waals surface area contributed by atoms with Crippen LogP contribution < -0.4 is 5.73 Å². The Labute approximate surface area is 92.4 Å². The van der Waals surface area contributed by atoms with Crippen molar-refractivity contribution < 1.29 is 14.6 Å². The Hall–Kier alpha value is -1.20. The van der Waals surface area contributed by atoms with Crippen molar-refractivity contribution in [1.82, 2.24) is 0 Å². The summed E-state index contributed by atoms with van der Waals surface area (Å²) in [5, 5.41) is 8.67. The van der Waals surface area contributed by atoms with Gasteiger partial charge in [0.15, 0.2) is 0 Å². The van der Waals surface area contributed by atoms with E-state index in [9.17, 15) is 4.79 Å². The number of aliphatic hydroxyl groups excluding tert-OH is 1. The summed E-state index contributed by atoms with van der Waals surface area (Å²) in [6, 6.07) is 5.13. The smallest absolute Gasteiger partial charge is 0.339 e. The first-order chi connectivity index (χ1) is 7.19. The van der Waals surface area contributed by atoms with Crippen LogP contribution in [0.2, 0.25) is 0 Å². The van der Waals surface area contributed by atoms with Gasteiger partial charge in [0.1, 0.15) is 0 Å². The monoisotopic (exact) mass is 227 g/mol. The third kappa shape index (κ3) is 3.14. The number of hydrogen-bond donors (Lipinski definition) is 2. The van der Waals surface area contributed by atoms with Crippen LogP contribution in [-0.2, 0) is 4.74 Å². The minimum Gasteiger partial charge on any atom is -0.465 e. The van der Waals surface area contributed by atoms with Crippen molar-refractivity contribution in [2.75, 3.05) is 25.2 Å². The predicted octanol–water partition coefficient (Wildman–Crippen LogP) is 1.14. The van der Waals surface area contributed by atoms with Crippen LogP contribution in [0.5, 0.6) is 0 Å². The Morgan fingerprint density at radius 1 is 1.60 bits per heavy atom. The molecule has 0 bridgehead atoms. The normalized spacial score (nSPS) is 10.0. The first kappa shape index (κ1) is 11.9. The Balaban J connectivity index is 2.89. The number of aliphatic hydroxyl groups is 1. The molecule has 1 aromatic carbocycles. The number of esters is 1. The van der Waals surface area contributed by atoms with Gasteiger partial charge in [-0.3, -0.25) is 0 Å². The molecular formula is C10H13NO3S. The summed E-state index contributed by atoms with van der Waals surface area (Å²) >= 11 is 1.46. The van der Waals surface area contributed by atoms with Gasteiger partial charge in [-0.25, -0.2) is 4.79 Å². The van der Waals surface area contributed by atoms with Crippen LogP contribution in [-0.4, -0.2) is 30.5 Å². The van der Waals surface area contributed by atoms with Crippen LogP contribution in [0.1, 0.15) is 10.4 Å². The number of carbonyl (C=O) groups excluding carboxylic acids is 1. The van der Waals surface area contributed by atoms with E-state index in [0.717, 1.165) is 4.90 Å². The lowest BCUT2D eigenvalue weighted by Gasteiger charge is -2.06. The maximum atomic E-state index is 11.3. The van der Waals surface area contributed by atoms with Gasteiger partial charge in [-0.1, -0.05) is 0 Å². The van der Waals surface area contributed by atoms with Crippen LogP contribution in [0.15, 0.2) is 23.1 Å². The van der Waals surface area contributed by atoms with E-state index in [2.05, 4.69) is 4.74 Å². The van der Waals surface area contributed by atoms with Gasteiger partial charge in [0, 0.05) is 16.3 Å². The number of nitrogen functional groups attached to an aromatic ring is 1. The van der Waals surface area contributed by atoms with E-state index in [1.807, 2.05) is 6.07 Å². The molecule has 5 heteroatoms. The number of carbonyl (C=O) groups is 1. The largest absolute Gasteiger partial charge is 0.465 e. The zero-order chi connectivity index (χ0) is 11.3. The molecule has 1 aromatic rings. The third-order valence-electron chi connectivity index (χ3n) is 1.79. The van der Waals surface area contributed by atoms with Gasteiger partial charge >= 0.3 is 5.97 Å². The SMILES string of the molecule is COC(=O)c1cc(SCCO)ccc1N. The molecule has 0 aromatic heterocycles. The Kier molecular flexibility index (Phi) is 4.45. The molecule has 0 aliphatic heterocycles. The maximum absolute atomic E-state index is 11.3. The van der Waals surface area contributed by atoms with Crippen molar-refractivity contribution >= 4 is 23.4 Å². The fourth-order valence-corrected chi connectivity index (χ4v) is 1.77. The van der Waals surface area contributed by atoms with Crippen molar-refractivity contribution in [3.8, 4) is 0 Å². The van der Waals surface area contributed by atoms with Crippen LogP contribution in [0.4, 0.5) is 5.69 Å². The van der Waals surface area contributed by atoms with E-state index >= 15 is 0 Å². The number of methoxy groups -OCH3 is 1. The van der Waals surface area contributed by atoms with Gasteiger partial charge in [0.2, 0.25) is 0 Å². The zero-order valence-electron chi connectivity index (χ0n) is 8.40. The topological polar surface area (TPSA) is 72.5 Å². The quantitative estimate of drug-likeness (QED) is 0.458. The number of ether oxygens (including phenoxy) is 1. The van der Waals surface area contributed by atoms with Crippen molar-refractivity contribution in [2.24, 2.45) is 0 Å². The molecule has 3 N–H and O–H groups in total. The summed E-state index contributed by atoms with van der Waals surface area (Å²) in [6.07, 6.45) is 0. The summed E-state index contributed by atoms with van der Waals surface area (Å²) in [5.41, 5.74) is 6.39. The van der Waals surface area contributed by atoms with E-state index in [0.29, 0.717) is 17.0 Å². The molecule has 0 radical (unpaired) electrons. The van der Waals surface area contributed by atoms with E-state index in [4.69, 9.17) is 10.8 Å². The highest BCUT2D eigenvalue weighted by molar-refractivity contribution is 7.99. The maximum Gasteiger partial charge on any atom is 0.339 e. The van der Waals surface area contributed by atoms with Gasteiger partial charge in [-0.05, 0) is 18.2 Å². The van der Waals surface area contributed by atoms with Gasteiger partial charge in [-0.15, -0.1) is 11.8 Å². The molecule has 1 rings (SSSR count). The lowest BCUT2D eigenvalue weighted by molar-refractivity contribution is 0.0601. The minimum atomic E-state index is -0.445. The number of rotatable bonds is 4. The Morgan fingerprint density at radius 2 is 2.33 bits per heavy atom. The lowest BCUT2D eigenvalue weighted by atomic mass is 10.2. The van der Waals surface area contributed by atoms with Crippen molar-refractivity contribution in [3.63, 3.8) is 0 Å². The van der Waals surface area contributed by atoms with Crippen LogP contribution in [0.25, 0.3) is 0 Å². The van der Waals surface area contributed by atoms with E-state index in [1.54, 1.807) is 12.1 Å². The second-order valence-electron chi connectivity index (χ2n) is 2.81. The minimum absolute atomic E-state index is 0.0998. The molecule has 0 amide bonds. The zero-order valence-corrected chi connectivity index (χ0v) is 9.21. The van der Waals surface area contributed by atoms with Gasteiger partial charge < -0.3 is 15.6 Å². The highest BCUT2D eigenvalue weighted by Crippen LogP contribution is 2.23. The van der Waals surface area contributed by atoms with Gasteiger partial charge in [0.25, 0.3) is 0 Å². The molecule has 0 saturated carbocycles. The van der Waals surface area contributed by atoms with Crippen molar-refractivity contribution in [1.29, 1.82) is 0 Å². The number of nitrogens with two attached hydrogens (primary N) is 1. The highest BCUT2D eigenvalue weighted by Gasteiger charge is 2.10. The van der Waals surface area contributed by atoms with Crippen molar-refractivity contribution in [3.05, 3.63) is 23.8 Å². The summed E-state index contributed by atoms with van der Waals surface area (Å²) in [5.74, 6) is 0.142. The molecule has 4 nitrogen and oxygen atoms in total. The predicted molar refractivity (Wildman–Crippen MR) is 60.0 cm³/mol. The molecule has 0 fully saturated rings. The molecule has 0 spiro atoms. The molecule has 15 heavy (non-hydrogen) atoms. The number of benzene rings is 1. The average molecular weight is 227 g/mol. The summed E-state index contributed by atoms with van der Waals surface area (Å²) in [6.45, 7) is 0.0998. The summed E-state index contributed by atoms with van der Waals surface area (Å²) < 4.78 is 4.60. The van der Waals surface area contributed by atoms with Gasteiger partial charge in [-0.2, -0.15) is 0 Å². The fraction of sp³-hybridized carbons (Fsp3) is 0.300. The number of anilines is 1. The van der Waals surface area contributed by atoms with E-state index in [-0.39, 0.29) is 6.61 Å². The molecule has 0 unspecified atom stereocenters. The summed E-state index contributed by atoms with van der Waals surface area (Å²) in [7, 11) is 1.31. The highest BCUT2D eigenvalue weighted by atomic mass is 32.2. The average Bonchev–Trinajstić information content (AvgIpc) is 2.27. The summed E-state index contributed by atoms with van der Waals surface area (Å²) in [4.78, 5) is 12.2. The van der Waals surface area contributed by atoms with Crippen LogP contribution in [0.3, 0.4) is 0 Å². The van der Waals surface area contributed by atoms with Crippen LogP contribution in [0, 0.1) is 0 Å². The molecule has 82 valence electrons. The van der Waals surface area contributed by atoms with E-state index in [1.165, 1.54) is 18.9 Å². The first-order valence-electron chi connectivity index (χ1n) is 4.40. The molecule has 0 saturated heterocycles. The Bertz CT molecular complexity index is 355. The lowest BCUT2D eigenvalue weighted by Crippen LogP contribution is -2.05. The fourth-order valence-electron chi connectivity index (χ4n) is 1.08. The molecule has 0 aliphatic carbocycles. The number of hydrogen-bond acceptors (Lipinski definition) is 5. The van der Waals surface area contributed by atoms with E-state index < -0.39 is 5.97 Å². The molecule has 0 atom stereocenters. The van der Waals surface area contributed by atoms with Crippen molar-refractivity contribution in [2.45, 2.75) is 4.90 Å². The van der Waals surface area contributed by atoms with Crippen LogP contribution >= 0.6 is 11.8 Å². The van der Waals surface area contributed by atoms with Gasteiger partial charge in [0.05, 0.1) is 19.3 Å². The molecule has 0 aliphatic rings. The second-order valence-corrected chi connectivity index (χ2v) is 3.98. The standard InChI is InChI=1S/C10H13NO3S/c1-14-10(13)8-6-7(15-5-4-12)2-3-9(8)11/h2-3,6,12H,4-5,11H2,1H3. The first-order valence-corrected chi connectivity index (χ1v) is 5.39. The third-order valence-corrected chi connectivity index (χ3v) is 2.76. The number of thioether (sulfide) groups is 1. The molecular weight excluding hydrogens is 214 g/mol. The second kappa shape index (κ2) is 5.63. The Morgan fingerprint density at radius 3 is 2.93 bits per heavy atom.